The van der Waals surface area contributed by atoms with Gasteiger partial charge in [-0.3, -0.25) is 4.79 Å². The van der Waals surface area contributed by atoms with E-state index < -0.39 is 0 Å². The van der Waals surface area contributed by atoms with Crippen LogP contribution in [0.5, 0.6) is 0 Å². The van der Waals surface area contributed by atoms with E-state index >= 15 is 0 Å². The Bertz CT molecular complexity index is 493. The summed E-state index contributed by atoms with van der Waals surface area (Å²) < 4.78 is 5.38. The molecule has 0 saturated carbocycles. The van der Waals surface area contributed by atoms with E-state index in [2.05, 4.69) is 23.6 Å². The first kappa shape index (κ1) is 12.6. The minimum atomic E-state index is -0.216. The van der Waals surface area contributed by atoms with Gasteiger partial charge in [0, 0.05) is 18.7 Å². The summed E-state index contributed by atoms with van der Waals surface area (Å²) in [5, 5.41) is 6.47. The van der Waals surface area contributed by atoms with Crippen molar-refractivity contribution in [2.45, 2.75) is 31.8 Å². The molecule has 4 heteroatoms. The molecule has 102 valence electrons. The van der Waals surface area contributed by atoms with Crippen LogP contribution in [0.2, 0.25) is 0 Å². The van der Waals surface area contributed by atoms with Crippen molar-refractivity contribution in [3.05, 3.63) is 34.9 Å². The van der Waals surface area contributed by atoms with E-state index in [1.807, 2.05) is 12.1 Å². The lowest BCUT2D eigenvalue weighted by Gasteiger charge is -2.26. The zero-order valence-electron chi connectivity index (χ0n) is 11.3. The number of hydrogen-bond donors (Lipinski definition) is 2. The molecule has 1 atom stereocenters. The normalized spacial score (nSPS) is 25.9. The highest BCUT2D eigenvalue weighted by atomic mass is 16.5. The second-order valence-corrected chi connectivity index (χ2v) is 5.69. The number of benzene rings is 1. The quantitative estimate of drug-likeness (QED) is 0.841. The Morgan fingerprint density at radius 2 is 2.37 bits per heavy atom. The maximum atomic E-state index is 12.5. The predicted molar refractivity (Wildman–Crippen MR) is 73.2 cm³/mol. The number of nitrogens with one attached hydrogen (secondary N) is 2. The van der Waals surface area contributed by atoms with E-state index in [9.17, 15) is 4.79 Å². The van der Waals surface area contributed by atoms with Crippen molar-refractivity contribution >= 4 is 5.91 Å². The molecule has 3 rings (SSSR count). The molecule has 1 aromatic rings. The molecule has 1 unspecified atom stereocenters. The third-order valence-electron chi connectivity index (χ3n) is 4.02. The van der Waals surface area contributed by atoms with Crippen LogP contribution in [0.15, 0.2) is 18.2 Å². The monoisotopic (exact) mass is 260 g/mol. The van der Waals surface area contributed by atoms with Gasteiger partial charge in [-0.15, -0.1) is 0 Å². The van der Waals surface area contributed by atoms with Gasteiger partial charge in [-0.1, -0.05) is 12.1 Å². The van der Waals surface area contributed by atoms with Gasteiger partial charge in [0.15, 0.2) is 0 Å². The third-order valence-corrected chi connectivity index (χ3v) is 4.02. The number of ether oxygens (including phenoxy) is 1. The molecule has 2 heterocycles. The number of carbonyl (C=O) groups is 1. The van der Waals surface area contributed by atoms with Crippen LogP contribution in [0.1, 0.15) is 34.8 Å². The van der Waals surface area contributed by atoms with Gasteiger partial charge < -0.3 is 15.4 Å². The Balaban J connectivity index is 1.83. The molecule has 1 aromatic carbocycles. The standard InChI is InChI=1S/C15H20N2O2/c1-15(6-8-19-10-15)17-14(18)13-4-2-3-11-9-16-7-5-12(11)13/h2-4,16H,5-10H2,1H3,(H,17,18). The second-order valence-electron chi connectivity index (χ2n) is 5.69. The van der Waals surface area contributed by atoms with Crippen LogP contribution in [0.4, 0.5) is 0 Å². The summed E-state index contributed by atoms with van der Waals surface area (Å²) in [5.74, 6) is 0.0340. The Kier molecular flexibility index (Phi) is 3.29. The lowest BCUT2D eigenvalue weighted by molar-refractivity contribution is 0.0888. The molecule has 1 saturated heterocycles. The zero-order chi connectivity index (χ0) is 13.3. The van der Waals surface area contributed by atoms with Gasteiger partial charge in [-0.05, 0) is 43.5 Å². The lowest BCUT2D eigenvalue weighted by atomic mass is 9.94. The number of fused-ring (bicyclic) bond motifs is 1. The fourth-order valence-corrected chi connectivity index (χ4v) is 2.85. The van der Waals surface area contributed by atoms with Crippen molar-refractivity contribution in [1.82, 2.24) is 10.6 Å². The maximum Gasteiger partial charge on any atom is 0.252 e. The van der Waals surface area contributed by atoms with Gasteiger partial charge in [0.2, 0.25) is 0 Å². The van der Waals surface area contributed by atoms with Crippen LogP contribution < -0.4 is 10.6 Å². The van der Waals surface area contributed by atoms with Crippen molar-refractivity contribution < 1.29 is 9.53 Å². The zero-order valence-corrected chi connectivity index (χ0v) is 11.3. The van der Waals surface area contributed by atoms with E-state index in [1.165, 1.54) is 11.1 Å². The SMILES string of the molecule is CC1(NC(=O)c2cccc3c2CCNC3)CCOC1. The van der Waals surface area contributed by atoms with Crippen molar-refractivity contribution in [3.8, 4) is 0 Å². The summed E-state index contributed by atoms with van der Waals surface area (Å²) >= 11 is 0. The van der Waals surface area contributed by atoms with Gasteiger partial charge in [0.25, 0.3) is 5.91 Å². The minimum Gasteiger partial charge on any atom is -0.379 e. The number of carbonyl (C=O) groups excluding carboxylic acids is 1. The van der Waals surface area contributed by atoms with Crippen LogP contribution in [0, 0.1) is 0 Å². The Labute approximate surface area is 113 Å². The van der Waals surface area contributed by atoms with E-state index in [0.29, 0.717) is 6.61 Å². The molecule has 1 amide bonds. The van der Waals surface area contributed by atoms with Gasteiger partial charge in [0.1, 0.15) is 0 Å². The molecule has 0 aromatic heterocycles. The molecule has 1 fully saturated rings. The van der Waals surface area contributed by atoms with Crippen molar-refractivity contribution in [2.24, 2.45) is 0 Å². The molecule has 2 N–H and O–H groups in total. The molecule has 0 radical (unpaired) electrons. The van der Waals surface area contributed by atoms with Crippen LogP contribution in [0.25, 0.3) is 0 Å². The first-order valence-corrected chi connectivity index (χ1v) is 6.90. The summed E-state index contributed by atoms with van der Waals surface area (Å²) in [5.41, 5.74) is 3.05. The van der Waals surface area contributed by atoms with E-state index in [0.717, 1.165) is 38.1 Å². The van der Waals surface area contributed by atoms with Crippen molar-refractivity contribution in [2.75, 3.05) is 19.8 Å². The minimum absolute atomic E-state index is 0.0340. The summed E-state index contributed by atoms with van der Waals surface area (Å²) in [6.07, 6.45) is 1.81. The number of amides is 1. The summed E-state index contributed by atoms with van der Waals surface area (Å²) in [6, 6.07) is 5.99. The highest BCUT2D eigenvalue weighted by molar-refractivity contribution is 5.96. The van der Waals surface area contributed by atoms with Crippen molar-refractivity contribution in [1.29, 1.82) is 0 Å². The molecule has 0 bridgehead atoms. The molecule has 19 heavy (non-hydrogen) atoms. The highest BCUT2D eigenvalue weighted by Gasteiger charge is 2.32. The molecule has 0 aliphatic carbocycles. The Hall–Kier alpha value is -1.39. The van der Waals surface area contributed by atoms with Gasteiger partial charge >= 0.3 is 0 Å². The number of rotatable bonds is 2. The Morgan fingerprint density at radius 3 is 3.16 bits per heavy atom. The summed E-state index contributed by atoms with van der Waals surface area (Å²) in [6.45, 7) is 5.19. The second kappa shape index (κ2) is 4.94. The average molecular weight is 260 g/mol. The number of hydrogen-bond acceptors (Lipinski definition) is 3. The summed E-state index contributed by atoms with van der Waals surface area (Å²) in [7, 11) is 0. The molecule has 2 aliphatic heterocycles. The largest absolute Gasteiger partial charge is 0.379 e. The van der Waals surface area contributed by atoms with Crippen LogP contribution in [0.3, 0.4) is 0 Å². The molecular formula is C15H20N2O2. The fraction of sp³-hybridized carbons (Fsp3) is 0.533. The van der Waals surface area contributed by atoms with Gasteiger partial charge in [-0.25, -0.2) is 0 Å². The van der Waals surface area contributed by atoms with Crippen molar-refractivity contribution in [3.63, 3.8) is 0 Å². The van der Waals surface area contributed by atoms with E-state index in [4.69, 9.17) is 4.74 Å². The summed E-state index contributed by atoms with van der Waals surface area (Å²) in [4.78, 5) is 12.5. The molecular weight excluding hydrogens is 240 g/mol. The first-order valence-electron chi connectivity index (χ1n) is 6.90. The smallest absolute Gasteiger partial charge is 0.252 e. The molecule has 4 nitrogen and oxygen atoms in total. The third kappa shape index (κ3) is 2.51. The van der Waals surface area contributed by atoms with E-state index in [-0.39, 0.29) is 11.4 Å². The van der Waals surface area contributed by atoms with E-state index in [1.54, 1.807) is 0 Å². The maximum absolute atomic E-state index is 12.5. The Morgan fingerprint density at radius 1 is 1.47 bits per heavy atom. The molecule has 0 spiro atoms. The highest BCUT2D eigenvalue weighted by Crippen LogP contribution is 2.22. The average Bonchev–Trinajstić information content (AvgIpc) is 2.84. The van der Waals surface area contributed by atoms with Gasteiger partial charge in [-0.2, -0.15) is 0 Å². The topological polar surface area (TPSA) is 50.4 Å². The van der Waals surface area contributed by atoms with Crippen LogP contribution >= 0.6 is 0 Å². The van der Waals surface area contributed by atoms with Gasteiger partial charge in [0.05, 0.1) is 12.1 Å². The van der Waals surface area contributed by atoms with Crippen LogP contribution in [-0.2, 0) is 17.7 Å². The fourth-order valence-electron chi connectivity index (χ4n) is 2.85. The lowest BCUT2D eigenvalue weighted by Crippen LogP contribution is -2.46. The molecule has 2 aliphatic rings. The van der Waals surface area contributed by atoms with Crippen LogP contribution in [-0.4, -0.2) is 31.2 Å². The first-order chi connectivity index (χ1) is 9.18. The predicted octanol–water partition coefficient (Wildman–Crippen LogP) is 1.24.